The molecule has 0 amide bonds. The minimum Gasteiger partial charge on any atom is -0.477 e. The predicted molar refractivity (Wildman–Crippen MR) is 47.1 cm³/mol. The molecular formula is C9H8N2O2. The van der Waals surface area contributed by atoms with E-state index in [2.05, 4.69) is 4.98 Å². The highest BCUT2D eigenvalue weighted by molar-refractivity contribution is 5.86. The lowest BCUT2D eigenvalue weighted by atomic mass is 10.1. The third-order valence-corrected chi connectivity index (χ3v) is 1.98. The van der Waals surface area contributed by atoms with Gasteiger partial charge < -0.3 is 10.8 Å². The minimum absolute atomic E-state index is 0.0712. The second kappa shape index (κ2) is 2.58. The molecule has 1 aliphatic carbocycles. The molecule has 1 aromatic rings. The number of fused-ring (bicyclic) bond motifs is 1. The second-order valence-electron chi connectivity index (χ2n) is 2.97. The van der Waals surface area contributed by atoms with Crippen molar-refractivity contribution in [1.29, 1.82) is 0 Å². The molecule has 0 spiro atoms. The second-order valence-corrected chi connectivity index (χ2v) is 2.97. The van der Waals surface area contributed by atoms with Crippen molar-refractivity contribution in [2.75, 3.05) is 0 Å². The van der Waals surface area contributed by atoms with E-state index in [1.165, 1.54) is 0 Å². The van der Waals surface area contributed by atoms with Crippen molar-refractivity contribution in [3.63, 3.8) is 0 Å². The van der Waals surface area contributed by atoms with E-state index in [4.69, 9.17) is 10.8 Å². The first-order valence-corrected chi connectivity index (χ1v) is 3.85. The summed E-state index contributed by atoms with van der Waals surface area (Å²) < 4.78 is 0. The van der Waals surface area contributed by atoms with E-state index in [9.17, 15) is 4.79 Å². The maximum absolute atomic E-state index is 10.6. The summed E-state index contributed by atoms with van der Waals surface area (Å²) in [5.74, 6) is -1.01. The van der Waals surface area contributed by atoms with Crippen molar-refractivity contribution < 1.29 is 9.90 Å². The van der Waals surface area contributed by atoms with Crippen LogP contribution >= 0.6 is 0 Å². The molecule has 0 unspecified atom stereocenters. The van der Waals surface area contributed by atoms with Crippen molar-refractivity contribution in [2.45, 2.75) is 6.42 Å². The number of nitrogens with zero attached hydrogens (tertiary/aromatic N) is 1. The van der Waals surface area contributed by atoms with Crippen molar-refractivity contribution in [1.82, 2.24) is 4.98 Å². The van der Waals surface area contributed by atoms with Gasteiger partial charge in [-0.3, -0.25) is 0 Å². The highest BCUT2D eigenvalue weighted by atomic mass is 16.4. The fourth-order valence-corrected chi connectivity index (χ4v) is 1.38. The maximum atomic E-state index is 10.6. The Bertz CT molecular complexity index is 410. The van der Waals surface area contributed by atoms with Gasteiger partial charge in [0.05, 0.1) is 0 Å². The molecule has 3 N–H and O–H groups in total. The summed E-state index contributed by atoms with van der Waals surface area (Å²) >= 11 is 0. The first kappa shape index (κ1) is 7.79. The smallest absolute Gasteiger partial charge is 0.354 e. The summed E-state index contributed by atoms with van der Waals surface area (Å²) in [6.45, 7) is 0. The summed E-state index contributed by atoms with van der Waals surface area (Å²) in [6, 6.07) is 1.56. The first-order chi connectivity index (χ1) is 6.16. The standard InChI is InChI=1S/C9H8N2O2/c10-7-1-5-3-8(9(12)13)11-4-6(5)2-7/h2-4H,1,10H2,(H,12,13). The van der Waals surface area contributed by atoms with Crippen molar-refractivity contribution in [2.24, 2.45) is 5.73 Å². The molecule has 0 atom stereocenters. The molecule has 1 aliphatic rings. The Morgan fingerprint density at radius 1 is 1.62 bits per heavy atom. The normalized spacial score (nSPS) is 13.7. The van der Waals surface area contributed by atoms with Crippen LogP contribution in [0.15, 0.2) is 18.0 Å². The van der Waals surface area contributed by atoms with Gasteiger partial charge in [-0.05, 0) is 23.3 Å². The van der Waals surface area contributed by atoms with Crippen LogP contribution in [0.2, 0.25) is 0 Å². The predicted octanol–water partition coefficient (Wildman–Crippen LogP) is 0.636. The van der Waals surface area contributed by atoms with E-state index >= 15 is 0 Å². The van der Waals surface area contributed by atoms with Crippen molar-refractivity contribution >= 4 is 12.0 Å². The van der Waals surface area contributed by atoms with Crippen LogP contribution in [0.5, 0.6) is 0 Å². The van der Waals surface area contributed by atoms with Crippen LogP contribution in [0.4, 0.5) is 0 Å². The zero-order chi connectivity index (χ0) is 9.42. The Hall–Kier alpha value is -1.84. The van der Waals surface area contributed by atoms with E-state index in [1.54, 1.807) is 12.3 Å². The van der Waals surface area contributed by atoms with Crippen LogP contribution in [0.25, 0.3) is 6.08 Å². The molecule has 13 heavy (non-hydrogen) atoms. The van der Waals surface area contributed by atoms with Crippen LogP contribution in [-0.2, 0) is 6.42 Å². The summed E-state index contributed by atoms with van der Waals surface area (Å²) in [5.41, 5.74) is 8.27. The molecule has 2 rings (SSSR count). The SMILES string of the molecule is NC1=Cc2cnc(C(=O)O)cc2C1. The third-order valence-electron chi connectivity index (χ3n) is 1.98. The van der Waals surface area contributed by atoms with Gasteiger partial charge >= 0.3 is 5.97 Å². The van der Waals surface area contributed by atoms with Gasteiger partial charge in [0.25, 0.3) is 0 Å². The summed E-state index contributed by atoms with van der Waals surface area (Å²) in [5, 5.41) is 8.67. The Balaban J connectivity index is 2.45. The zero-order valence-corrected chi connectivity index (χ0v) is 6.82. The van der Waals surface area contributed by atoms with Gasteiger partial charge in [-0.15, -0.1) is 0 Å². The molecule has 1 aromatic heterocycles. The first-order valence-electron chi connectivity index (χ1n) is 3.85. The van der Waals surface area contributed by atoms with Gasteiger partial charge in [0.15, 0.2) is 0 Å². The van der Waals surface area contributed by atoms with Gasteiger partial charge in [-0.1, -0.05) is 0 Å². The van der Waals surface area contributed by atoms with E-state index in [-0.39, 0.29) is 5.69 Å². The lowest BCUT2D eigenvalue weighted by Crippen LogP contribution is -2.02. The number of hydrogen-bond acceptors (Lipinski definition) is 3. The van der Waals surface area contributed by atoms with Gasteiger partial charge in [0, 0.05) is 18.3 Å². The Morgan fingerprint density at radius 2 is 2.38 bits per heavy atom. The van der Waals surface area contributed by atoms with Crippen LogP contribution in [0.3, 0.4) is 0 Å². The largest absolute Gasteiger partial charge is 0.477 e. The molecule has 1 heterocycles. The number of nitrogens with two attached hydrogens (primary N) is 1. The Labute approximate surface area is 74.7 Å². The molecule has 0 saturated carbocycles. The third kappa shape index (κ3) is 1.26. The topological polar surface area (TPSA) is 76.2 Å². The fraction of sp³-hybridized carbons (Fsp3) is 0.111. The number of carbonyl (C=O) groups is 1. The minimum atomic E-state index is -1.01. The number of carboxylic acids is 1. The number of allylic oxidation sites excluding steroid dienone is 1. The number of rotatable bonds is 1. The van der Waals surface area contributed by atoms with Crippen LogP contribution in [-0.4, -0.2) is 16.1 Å². The van der Waals surface area contributed by atoms with Gasteiger partial charge in [-0.25, -0.2) is 9.78 Å². The molecule has 66 valence electrons. The van der Waals surface area contributed by atoms with Gasteiger partial charge in [-0.2, -0.15) is 0 Å². The summed E-state index contributed by atoms with van der Waals surface area (Å²) in [7, 11) is 0. The van der Waals surface area contributed by atoms with E-state index < -0.39 is 5.97 Å². The van der Waals surface area contributed by atoms with Crippen molar-refractivity contribution in [3.05, 3.63) is 34.8 Å². The Kier molecular flexibility index (Phi) is 1.55. The summed E-state index contributed by atoms with van der Waals surface area (Å²) in [4.78, 5) is 14.4. The van der Waals surface area contributed by atoms with E-state index in [1.807, 2.05) is 6.08 Å². The molecule has 4 heteroatoms. The molecule has 0 bridgehead atoms. The summed E-state index contributed by atoms with van der Waals surface area (Å²) in [6.07, 6.45) is 3.98. The van der Waals surface area contributed by atoms with E-state index in [0.29, 0.717) is 6.42 Å². The van der Waals surface area contributed by atoms with E-state index in [0.717, 1.165) is 16.8 Å². The lowest BCUT2D eigenvalue weighted by Gasteiger charge is -1.98. The lowest BCUT2D eigenvalue weighted by molar-refractivity contribution is 0.0690. The van der Waals surface area contributed by atoms with Crippen LogP contribution in [0, 0.1) is 0 Å². The fourth-order valence-electron chi connectivity index (χ4n) is 1.38. The molecule has 0 aliphatic heterocycles. The quantitative estimate of drug-likeness (QED) is 0.658. The highest BCUT2D eigenvalue weighted by Crippen LogP contribution is 2.21. The van der Waals surface area contributed by atoms with Crippen molar-refractivity contribution in [3.8, 4) is 0 Å². The molecular weight excluding hydrogens is 168 g/mol. The molecule has 4 nitrogen and oxygen atoms in total. The monoisotopic (exact) mass is 176 g/mol. The molecule has 0 fully saturated rings. The number of carboxylic acid groups (broad SMARTS) is 1. The van der Waals surface area contributed by atoms with Gasteiger partial charge in [0.2, 0.25) is 0 Å². The average Bonchev–Trinajstić information content (AvgIpc) is 2.42. The number of aromatic nitrogens is 1. The molecule has 0 saturated heterocycles. The maximum Gasteiger partial charge on any atom is 0.354 e. The number of hydrogen-bond donors (Lipinski definition) is 2. The number of aromatic carboxylic acids is 1. The zero-order valence-electron chi connectivity index (χ0n) is 6.82. The number of pyridine rings is 1. The van der Waals surface area contributed by atoms with Gasteiger partial charge in [0.1, 0.15) is 5.69 Å². The molecule has 0 radical (unpaired) electrons. The Morgan fingerprint density at radius 3 is 3.08 bits per heavy atom. The highest BCUT2D eigenvalue weighted by Gasteiger charge is 2.13. The van der Waals surface area contributed by atoms with Crippen LogP contribution in [0.1, 0.15) is 21.6 Å². The van der Waals surface area contributed by atoms with Crippen LogP contribution < -0.4 is 5.73 Å². The average molecular weight is 176 g/mol. The molecule has 0 aromatic carbocycles.